The standard InChI is InChI=1S/C20H31N5O4S2/c1-7-25(8-2)31(27,28)16-12-14(10-11-15(16)29-9-3)21-17(26)13-30-19-22-18(23-24-19)20(4,5)6/h10-12H,7-9,13H2,1-6H3,(H,21,26)(H,22,23,24). The zero-order valence-electron chi connectivity index (χ0n) is 18.9. The lowest BCUT2D eigenvalue weighted by Gasteiger charge is -2.21. The Kier molecular flexibility index (Phi) is 8.49. The van der Waals surface area contributed by atoms with Gasteiger partial charge >= 0.3 is 0 Å². The number of hydrogen-bond donors (Lipinski definition) is 2. The minimum Gasteiger partial charge on any atom is -0.492 e. The molecule has 0 unspecified atom stereocenters. The number of H-pyrrole nitrogens is 1. The number of carbonyl (C=O) groups excluding carboxylic acids is 1. The molecule has 0 aliphatic heterocycles. The van der Waals surface area contributed by atoms with E-state index in [2.05, 4.69) is 20.5 Å². The van der Waals surface area contributed by atoms with Crippen LogP contribution in [0.3, 0.4) is 0 Å². The summed E-state index contributed by atoms with van der Waals surface area (Å²) < 4.78 is 32.9. The maximum absolute atomic E-state index is 13.0. The number of ether oxygens (including phenoxy) is 1. The van der Waals surface area contributed by atoms with Gasteiger partial charge in [0.1, 0.15) is 16.5 Å². The highest BCUT2D eigenvalue weighted by atomic mass is 32.2. The summed E-state index contributed by atoms with van der Waals surface area (Å²) in [6, 6.07) is 4.62. The van der Waals surface area contributed by atoms with Crippen LogP contribution in [0, 0.1) is 0 Å². The number of sulfonamides is 1. The van der Waals surface area contributed by atoms with Gasteiger partial charge in [0.05, 0.1) is 12.4 Å². The summed E-state index contributed by atoms with van der Waals surface area (Å²) in [6.07, 6.45) is 0. The average molecular weight is 470 g/mol. The van der Waals surface area contributed by atoms with Crippen LogP contribution < -0.4 is 10.1 Å². The van der Waals surface area contributed by atoms with Crippen molar-refractivity contribution < 1.29 is 17.9 Å². The molecule has 0 bridgehead atoms. The monoisotopic (exact) mass is 469 g/mol. The Balaban J connectivity index is 2.16. The van der Waals surface area contributed by atoms with E-state index in [0.29, 0.717) is 30.5 Å². The summed E-state index contributed by atoms with van der Waals surface area (Å²) in [4.78, 5) is 16.8. The number of amides is 1. The molecule has 0 spiro atoms. The van der Waals surface area contributed by atoms with E-state index in [9.17, 15) is 13.2 Å². The molecule has 172 valence electrons. The smallest absolute Gasteiger partial charge is 0.246 e. The van der Waals surface area contributed by atoms with Crippen LogP contribution in [0.5, 0.6) is 5.75 Å². The molecule has 2 rings (SSSR count). The second-order valence-electron chi connectivity index (χ2n) is 7.74. The highest BCUT2D eigenvalue weighted by Crippen LogP contribution is 2.30. The van der Waals surface area contributed by atoms with Crippen LogP contribution in [0.4, 0.5) is 5.69 Å². The fourth-order valence-corrected chi connectivity index (χ4v) is 4.95. The molecule has 1 aromatic heterocycles. The van der Waals surface area contributed by atoms with Gasteiger partial charge in [-0.2, -0.15) is 4.31 Å². The van der Waals surface area contributed by atoms with Crippen molar-refractivity contribution in [3.8, 4) is 5.75 Å². The summed E-state index contributed by atoms with van der Waals surface area (Å²) in [5.74, 6) is 0.806. The fraction of sp³-hybridized carbons (Fsp3) is 0.550. The third-order valence-electron chi connectivity index (χ3n) is 4.36. The number of thioether (sulfide) groups is 1. The molecule has 1 aromatic carbocycles. The molecular formula is C20H31N5O4S2. The Hall–Kier alpha value is -2.11. The second-order valence-corrected chi connectivity index (χ2v) is 10.6. The molecule has 0 atom stereocenters. The number of anilines is 1. The van der Waals surface area contributed by atoms with Crippen LogP contribution in [0.1, 0.15) is 47.4 Å². The molecule has 2 aromatic rings. The van der Waals surface area contributed by atoms with Gasteiger partial charge in [-0.05, 0) is 25.1 Å². The van der Waals surface area contributed by atoms with Crippen LogP contribution >= 0.6 is 11.8 Å². The van der Waals surface area contributed by atoms with Crippen molar-refractivity contribution in [1.82, 2.24) is 19.5 Å². The van der Waals surface area contributed by atoms with E-state index >= 15 is 0 Å². The Morgan fingerprint density at radius 1 is 1.23 bits per heavy atom. The molecule has 1 heterocycles. The molecular weight excluding hydrogens is 438 g/mol. The highest BCUT2D eigenvalue weighted by molar-refractivity contribution is 7.99. The number of nitrogens with one attached hydrogen (secondary N) is 2. The van der Waals surface area contributed by atoms with Crippen LogP contribution in [0.25, 0.3) is 0 Å². The van der Waals surface area contributed by atoms with E-state index in [0.717, 1.165) is 5.82 Å². The van der Waals surface area contributed by atoms with E-state index in [-0.39, 0.29) is 27.7 Å². The lowest BCUT2D eigenvalue weighted by molar-refractivity contribution is -0.113. The van der Waals surface area contributed by atoms with Gasteiger partial charge in [0.2, 0.25) is 21.1 Å². The lowest BCUT2D eigenvalue weighted by atomic mass is 9.96. The minimum atomic E-state index is -3.75. The van der Waals surface area contributed by atoms with Gasteiger partial charge in [-0.25, -0.2) is 13.4 Å². The number of nitrogens with zero attached hydrogens (tertiary/aromatic N) is 3. The summed E-state index contributed by atoms with van der Waals surface area (Å²) in [5.41, 5.74) is 0.216. The molecule has 9 nitrogen and oxygen atoms in total. The molecule has 0 radical (unpaired) electrons. The highest BCUT2D eigenvalue weighted by Gasteiger charge is 2.26. The quantitative estimate of drug-likeness (QED) is 0.513. The number of benzene rings is 1. The van der Waals surface area contributed by atoms with Crippen LogP contribution in [0.15, 0.2) is 28.3 Å². The first-order chi connectivity index (χ1) is 14.5. The second kappa shape index (κ2) is 10.5. The Labute approximate surface area is 188 Å². The number of aromatic amines is 1. The molecule has 11 heteroatoms. The zero-order valence-corrected chi connectivity index (χ0v) is 20.5. The molecule has 0 fully saturated rings. The van der Waals surface area contributed by atoms with Crippen molar-refractivity contribution in [2.24, 2.45) is 0 Å². The summed E-state index contributed by atoms with van der Waals surface area (Å²) in [6.45, 7) is 12.4. The third-order valence-corrected chi connectivity index (χ3v) is 7.28. The molecule has 0 saturated heterocycles. The van der Waals surface area contributed by atoms with Crippen LogP contribution in [-0.4, -0.2) is 59.3 Å². The van der Waals surface area contributed by atoms with Crippen molar-refractivity contribution in [1.29, 1.82) is 0 Å². The van der Waals surface area contributed by atoms with E-state index in [1.54, 1.807) is 32.9 Å². The predicted octanol–water partition coefficient (Wildman–Crippen LogP) is 3.26. The van der Waals surface area contributed by atoms with Crippen molar-refractivity contribution >= 4 is 33.4 Å². The lowest BCUT2D eigenvalue weighted by Crippen LogP contribution is -2.31. The topological polar surface area (TPSA) is 117 Å². The fourth-order valence-electron chi connectivity index (χ4n) is 2.74. The van der Waals surface area contributed by atoms with Gasteiger partial charge in [-0.15, -0.1) is 5.10 Å². The zero-order chi connectivity index (χ0) is 23.2. The first-order valence-electron chi connectivity index (χ1n) is 10.1. The van der Waals surface area contributed by atoms with E-state index in [4.69, 9.17) is 4.74 Å². The average Bonchev–Trinajstić information content (AvgIpc) is 3.18. The van der Waals surface area contributed by atoms with Gasteiger partial charge in [0, 0.05) is 24.2 Å². The van der Waals surface area contributed by atoms with Gasteiger partial charge in [-0.3, -0.25) is 9.89 Å². The van der Waals surface area contributed by atoms with E-state index in [1.165, 1.54) is 22.1 Å². The van der Waals surface area contributed by atoms with Crippen molar-refractivity contribution in [2.45, 2.75) is 57.0 Å². The largest absolute Gasteiger partial charge is 0.492 e. The van der Waals surface area contributed by atoms with Gasteiger partial charge in [0.15, 0.2) is 0 Å². The maximum Gasteiger partial charge on any atom is 0.246 e. The predicted molar refractivity (Wildman–Crippen MR) is 122 cm³/mol. The van der Waals surface area contributed by atoms with E-state index < -0.39 is 10.0 Å². The number of aromatic nitrogens is 3. The van der Waals surface area contributed by atoms with Crippen LogP contribution in [0.2, 0.25) is 0 Å². The first-order valence-corrected chi connectivity index (χ1v) is 12.6. The molecule has 0 aliphatic carbocycles. The van der Waals surface area contributed by atoms with Gasteiger partial charge in [-0.1, -0.05) is 46.4 Å². The number of hydrogen-bond acceptors (Lipinski definition) is 7. The van der Waals surface area contributed by atoms with E-state index in [1.807, 2.05) is 20.8 Å². The third kappa shape index (κ3) is 6.44. The van der Waals surface area contributed by atoms with Crippen molar-refractivity contribution in [3.63, 3.8) is 0 Å². The molecule has 0 saturated carbocycles. The summed E-state index contributed by atoms with van der Waals surface area (Å²) >= 11 is 1.20. The normalized spacial score (nSPS) is 12.2. The summed E-state index contributed by atoms with van der Waals surface area (Å²) in [5, 5.41) is 10.2. The SMILES string of the molecule is CCOc1ccc(NC(=O)CSc2n[nH]c(C(C)(C)C)n2)cc1S(=O)(=O)N(CC)CC. The van der Waals surface area contributed by atoms with Gasteiger partial charge < -0.3 is 10.1 Å². The molecule has 2 N–H and O–H groups in total. The summed E-state index contributed by atoms with van der Waals surface area (Å²) in [7, 11) is -3.75. The van der Waals surface area contributed by atoms with Crippen molar-refractivity contribution in [2.75, 3.05) is 30.8 Å². The molecule has 1 amide bonds. The maximum atomic E-state index is 13.0. The van der Waals surface area contributed by atoms with Gasteiger partial charge in [0.25, 0.3) is 0 Å². The first kappa shape index (κ1) is 25.2. The minimum absolute atomic E-state index is 0.0345. The molecule has 31 heavy (non-hydrogen) atoms. The number of rotatable bonds is 10. The van der Waals surface area contributed by atoms with Crippen molar-refractivity contribution in [3.05, 3.63) is 24.0 Å². The molecule has 0 aliphatic rings. The Morgan fingerprint density at radius 2 is 1.90 bits per heavy atom. The Morgan fingerprint density at radius 3 is 2.45 bits per heavy atom. The number of carbonyl (C=O) groups is 1. The van der Waals surface area contributed by atoms with Crippen LogP contribution in [-0.2, 0) is 20.2 Å². The Bertz CT molecular complexity index is 995.